The molecule has 1 unspecified atom stereocenters. The van der Waals surface area contributed by atoms with Gasteiger partial charge in [0.2, 0.25) is 0 Å². The molecule has 3 heteroatoms. The summed E-state index contributed by atoms with van der Waals surface area (Å²) in [5.74, 6) is -2.35. The van der Waals surface area contributed by atoms with Crippen molar-refractivity contribution in [1.29, 1.82) is 0 Å². The van der Waals surface area contributed by atoms with Crippen LogP contribution in [0.1, 0.15) is 70.6 Å². The van der Waals surface area contributed by atoms with Crippen LogP contribution in [0.25, 0.3) is 10.9 Å². The predicted molar refractivity (Wildman–Crippen MR) is 118 cm³/mol. The molecule has 0 fully saturated rings. The van der Waals surface area contributed by atoms with E-state index in [1.54, 1.807) is 0 Å². The van der Waals surface area contributed by atoms with Crippen molar-refractivity contribution < 1.29 is 0 Å². The molecule has 0 amide bonds. The second-order valence-electron chi connectivity index (χ2n) is 7.87. The summed E-state index contributed by atoms with van der Waals surface area (Å²) in [7, 11) is 0. The number of halogens is 1. The average Bonchev–Trinajstić information content (AvgIpc) is 2.63. The molecule has 0 N–H and O–H groups in total. The van der Waals surface area contributed by atoms with Crippen LogP contribution in [0.5, 0.6) is 0 Å². The first-order valence-electron chi connectivity index (χ1n) is 10.0. The Morgan fingerprint density at radius 2 is 1.56 bits per heavy atom. The van der Waals surface area contributed by atoms with Crippen LogP contribution in [-0.4, -0.2) is 24.0 Å². The van der Waals surface area contributed by atoms with Gasteiger partial charge in [-0.05, 0) is 0 Å². The summed E-state index contributed by atoms with van der Waals surface area (Å²) >= 11 is 7.67. The van der Waals surface area contributed by atoms with Gasteiger partial charge in [-0.2, -0.15) is 0 Å². The van der Waals surface area contributed by atoms with Gasteiger partial charge >= 0.3 is 159 Å². The molecule has 0 radical (unpaired) electrons. The molecule has 2 rings (SSSR count). The van der Waals surface area contributed by atoms with Crippen molar-refractivity contribution in [2.45, 2.75) is 65.0 Å². The van der Waals surface area contributed by atoms with Crippen LogP contribution in [0.3, 0.4) is 0 Å². The van der Waals surface area contributed by atoms with E-state index in [1.807, 2.05) is 0 Å². The Bertz CT molecular complexity index is 671. The van der Waals surface area contributed by atoms with Crippen molar-refractivity contribution in [3.63, 3.8) is 0 Å². The number of hydrogen-bond acceptors (Lipinski definition) is 1. The Morgan fingerprint density at radius 3 is 2.16 bits per heavy atom. The summed E-state index contributed by atoms with van der Waals surface area (Å²) in [6.45, 7) is 9.27. The van der Waals surface area contributed by atoms with E-state index in [1.165, 1.54) is 49.1 Å². The molecule has 1 aromatic heterocycles. The molecule has 2 aromatic rings. The fourth-order valence-electron chi connectivity index (χ4n) is 4.00. The SMILES string of the molecule is CCCCP(C)(Cl)(CCCC)C(CCC)c1ccc2ccccc2n1. The Labute approximate surface area is 159 Å². The number of para-hydroxylation sites is 1. The Kier molecular flexibility index (Phi) is 7.29. The van der Waals surface area contributed by atoms with Gasteiger partial charge in [-0.15, -0.1) is 0 Å². The summed E-state index contributed by atoms with van der Waals surface area (Å²) in [5, 5.41) is 1.22. The summed E-state index contributed by atoms with van der Waals surface area (Å²) in [5.41, 5.74) is 2.74. The van der Waals surface area contributed by atoms with E-state index in [4.69, 9.17) is 16.2 Å². The summed E-state index contributed by atoms with van der Waals surface area (Å²) in [6, 6.07) is 12.9. The van der Waals surface area contributed by atoms with Gasteiger partial charge in [0.05, 0.1) is 0 Å². The van der Waals surface area contributed by atoms with E-state index in [-0.39, 0.29) is 0 Å². The van der Waals surface area contributed by atoms with Crippen molar-refractivity contribution in [1.82, 2.24) is 4.98 Å². The molecule has 0 aliphatic carbocycles. The fraction of sp³-hybridized carbons (Fsp3) is 0.591. The second kappa shape index (κ2) is 8.83. The first-order valence-corrected chi connectivity index (χ1v) is 14.0. The first kappa shape index (κ1) is 20.7. The molecule has 1 heterocycles. The minimum absolute atomic E-state index is 0.417. The van der Waals surface area contributed by atoms with Gasteiger partial charge in [0.25, 0.3) is 0 Å². The van der Waals surface area contributed by atoms with Crippen LogP contribution >= 0.6 is 17.2 Å². The van der Waals surface area contributed by atoms with Crippen LogP contribution in [0.15, 0.2) is 36.4 Å². The van der Waals surface area contributed by atoms with Crippen LogP contribution in [-0.2, 0) is 0 Å². The molecule has 140 valence electrons. The standard InChI is InChI=1S/C22H35ClNP/c1-5-8-17-25(4,23,18-9-6-2)22(12-7-3)21-16-15-19-13-10-11-14-20(19)24-21/h10-11,13-16,22H,5-9,12,17-18H2,1-4H3. The zero-order valence-corrected chi connectivity index (χ0v) is 18.1. The van der Waals surface area contributed by atoms with E-state index < -0.39 is 5.96 Å². The molecule has 0 saturated carbocycles. The fourth-order valence-corrected chi connectivity index (χ4v) is 10.3. The number of benzene rings is 1. The van der Waals surface area contributed by atoms with E-state index in [9.17, 15) is 0 Å². The monoisotopic (exact) mass is 379 g/mol. The Hall–Kier alpha value is -0.650. The van der Waals surface area contributed by atoms with Gasteiger partial charge in [-0.1, -0.05) is 0 Å². The number of aromatic nitrogens is 1. The van der Waals surface area contributed by atoms with Crippen LogP contribution < -0.4 is 0 Å². The summed E-state index contributed by atoms with van der Waals surface area (Å²) in [4.78, 5) is 5.07. The first-order chi connectivity index (χ1) is 11.9. The third kappa shape index (κ3) is 4.95. The second-order valence-corrected chi connectivity index (χ2v) is 16.4. The van der Waals surface area contributed by atoms with Crippen molar-refractivity contribution in [3.05, 3.63) is 42.1 Å². The average molecular weight is 380 g/mol. The maximum absolute atomic E-state index is 7.67. The van der Waals surface area contributed by atoms with Crippen molar-refractivity contribution in [2.24, 2.45) is 0 Å². The van der Waals surface area contributed by atoms with Crippen LogP contribution in [0.2, 0.25) is 0 Å². The zero-order valence-electron chi connectivity index (χ0n) is 16.5. The number of pyridine rings is 1. The Balaban J connectivity index is 2.49. The molecular formula is C22H35ClNP. The molecule has 0 aliphatic heterocycles. The molecule has 0 bridgehead atoms. The Morgan fingerprint density at radius 1 is 0.920 bits per heavy atom. The summed E-state index contributed by atoms with van der Waals surface area (Å²) in [6.07, 6.45) is 9.58. The van der Waals surface area contributed by atoms with Crippen LogP contribution in [0, 0.1) is 0 Å². The normalized spacial score (nSPS) is 15.0. The third-order valence-electron chi connectivity index (χ3n) is 5.61. The molecule has 1 aromatic carbocycles. The molecule has 0 saturated heterocycles. The van der Waals surface area contributed by atoms with E-state index in [2.05, 4.69) is 63.8 Å². The van der Waals surface area contributed by atoms with Crippen molar-refractivity contribution in [3.8, 4) is 0 Å². The maximum atomic E-state index is 7.67. The van der Waals surface area contributed by atoms with Gasteiger partial charge in [0, 0.05) is 0 Å². The van der Waals surface area contributed by atoms with Gasteiger partial charge in [-0.25, -0.2) is 0 Å². The third-order valence-corrected chi connectivity index (χ3v) is 12.6. The summed E-state index contributed by atoms with van der Waals surface area (Å²) < 4.78 is 0. The number of hydrogen-bond donors (Lipinski definition) is 0. The minimum atomic E-state index is -2.35. The van der Waals surface area contributed by atoms with Gasteiger partial charge in [-0.3, -0.25) is 0 Å². The molecular weight excluding hydrogens is 345 g/mol. The molecule has 25 heavy (non-hydrogen) atoms. The molecule has 1 nitrogen and oxygen atoms in total. The van der Waals surface area contributed by atoms with Gasteiger partial charge in [0.1, 0.15) is 0 Å². The zero-order chi connectivity index (χ0) is 18.4. The van der Waals surface area contributed by atoms with Crippen LogP contribution in [0.4, 0.5) is 0 Å². The van der Waals surface area contributed by atoms with E-state index in [0.717, 1.165) is 18.4 Å². The molecule has 0 spiro atoms. The van der Waals surface area contributed by atoms with Crippen molar-refractivity contribution >= 4 is 28.1 Å². The van der Waals surface area contributed by atoms with Gasteiger partial charge in [0.15, 0.2) is 0 Å². The molecule has 1 atom stereocenters. The molecule has 0 aliphatic rings. The van der Waals surface area contributed by atoms with Gasteiger partial charge < -0.3 is 0 Å². The number of unbranched alkanes of at least 4 members (excludes halogenated alkanes) is 2. The number of fused-ring (bicyclic) bond motifs is 1. The topological polar surface area (TPSA) is 12.9 Å². The predicted octanol–water partition coefficient (Wildman–Crippen LogP) is 8.01. The quantitative estimate of drug-likeness (QED) is 0.381. The number of nitrogens with zero attached hydrogens (tertiary/aromatic N) is 1. The van der Waals surface area contributed by atoms with Crippen molar-refractivity contribution in [2.75, 3.05) is 19.0 Å². The van der Waals surface area contributed by atoms with E-state index >= 15 is 0 Å². The number of rotatable bonds is 10. The van der Waals surface area contributed by atoms with E-state index in [0.29, 0.717) is 5.66 Å².